The molecule has 0 aromatic rings. The van der Waals surface area contributed by atoms with Gasteiger partial charge in [-0.15, -0.1) is 0 Å². The van der Waals surface area contributed by atoms with Crippen LogP contribution < -0.4 is 0 Å². The van der Waals surface area contributed by atoms with E-state index in [4.69, 9.17) is 18.9 Å². The van der Waals surface area contributed by atoms with Crippen molar-refractivity contribution < 1.29 is 34.0 Å². The van der Waals surface area contributed by atoms with E-state index in [0.717, 1.165) is 6.42 Å². The van der Waals surface area contributed by atoms with Gasteiger partial charge in [-0.05, 0) is 38.2 Å². The molecule has 2 aliphatic carbocycles. The Kier molecular flexibility index (Phi) is 4.12. The predicted octanol–water partition coefficient (Wildman–Crippen LogP) is 2.70. The standard InChI is InChI=1S/C22H32O7/c1-8-19(4)11-13(26-7)22(25)20(5)12(23)9-10-18(2,3)15(20)14-16(21(22,6)29-19)28-17(24)27-14/h8,11-12,14-16,23,25H,1,9-10H2,2-7H3/t12-,14-,15-,16-,19-,20-,21+,22-/m0/s1. The third-order valence-electron chi connectivity index (χ3n) is 8.20. The van der Waals surface area contributed by atoms with Crippen LogP contribution in [0.1, 0.15) is 47.5 Å². The lowest BCUT2D eigenvalue weighted by Gasteiger charge is -2.70. The Morgan fingerprint density at radius 2 is 1.90 bits per heavy atom. The van der Waals surface area contributed by atoms with Gasteiger partial charge in [0.15, 0.2) is 11.7 Å². The lowest BCUT2D eigenvalue weighted by atomic mass is 9.40. The molecule has 162 valence electrons. The van der Waals surface area contributed by atoms with Gasteiger partial charge in [0.25, 0.3) is 0 Å². The van der Waals surface area contributed by atoms with Crippen molar-refractivity contribution in [3.8, 4) is 0 Å². The molecule has 1 saturated heterocycles. The number of carbonyl (C=O) groups excluding carboxylic acids is 1. The molecule has 8 atom stereocenters. The Morgan fingerprint density at radius 3 is 2.48 bits per heavy atom. The van der Waals surface area contributed by atoms with Gasteiger partial charge in [0.1, 0.15) is 23.1 Å². The van der Waals surface area contributed by atoms with Gasteiger partial charge in [-0.1, -0.05) is 33.4 Å². The number of methoxy groups -OCH3 is 1. The summed E-state index contributed by atoms with van der Waals surface area (Å²) in [6.45, 7) is 13.4. The van der Waals surface area contributed by atoms with Crippen LogP contribution in [0.5, 0.6) is 0 Å². The maximum Gasteiger partial charge on any atom is 0.509 e. The molecule has 0 unspecified atom stereocenters. The first-order valence-corrected chi connectivity index (χ1v) is 10.2. The second-order valence-electron chi connectivity index (χ2n) is 10.2. The van der Waals surface area contributed by atoms with Crippen molar-refractivity contribution in [3.05, 3.63) is 24.5 Å². The predicted molar refractivity (Wildman–Crippen MR) is 104 cm³/mol. The third-order valence-corrected chi connectivity index (χ3v) is 8.20. The summed E-state index contributed by atoms with van der Waals surface area (Å²) in [4.78, 5) is 12.3. The van der Waals surface area contributed by atoms with Crippen molar-refractivity contribution in [2.45, 2.75) is 82.6 Å². The zero-order valence-corrected chi connectivity index (χ0v) is 18.0. The van der Waals surface area contributed by atoms with E-state index in [1.165, 1.54) is 7.11 Å². The highest BCUT2D eigenvalue weighted by Gasteiger charge is 2.82. The number of carbonyl (C=O) groups is 1. The van der Waals surface area contributed by atoms with E-state index in [1.807, 2.05) is 6.92 Å². The zero-order chi connectivity index (χ0) is 21.6. The van der Waals surface area contributed by atoms with E-state index >= 15 is 0 Å². The monoisotopic (exact) mass is 408 g/mol. The third kappa shape index (κ3) is 2.21. The SMILES string of the molecule is C=C[C@@]1(C)C=C(OC)[C@]2(O)[C@@]3(C)[C@@H](O)CCC(C)(C)[C@@H]3[C@@H]3OC(=O)O[C@@H]3[C@@]2(C)O1. The summed E-state index contributed by atoms with van der Waals surface area (Å²) in [6, 6.07) is 0. The second kappa shape index (κ2) is 5.77. The van der Waals surface area contributed by atoms with Crippen LogP contribution in [0.4, 0.5) is 4.79 Å². The van der Waals surface area contributed by atoms with Gasteiger partial charge >= 0.3 is 6.16 Å². The molecule has 0 radical (unpaired) electrons. The number of hydrogen-bond donors (Lipinski definition) is 2. The summed E-state index contributed by atoms with van der Waals surface area (Å²) in [6.07, 6.45) is 1.32. The number of aliphatic hydroxyl groups is 2. The minimum Gasteiger partial charge on any atom is -0.498 e. The maximum atomic E-state index is 12.5. The van der Waals surface area contributed by atoms with Crippen LogP contribution in [0.2, 0.25) is 0 Å². The molecule has 4 rings (SSSR count). The van der Waals surface area contributed by atoms with Crippen LogP contribution in [-0.2, 0) is 18.9 Å². The van der Waals surface area contributed by atoms with Gasteiger partial charge in [0.05, 0.1) is 13.2 Å². The smallest absolute Gasteiger partial charge is 0.498 e. The van der Waals surface area contributed by atoms with Crippen molar-refractivity contribution in [3.63, 3.8) is 0 Å². The van der Waals surface area contributed by atoms with Crippen LogP contribution in [0.25, 0.3) is 0 Å². The quantitative estimate of drug-likeness (QED) is 0.536. The average Bonchev–Trinajstić information content (AvgIpc) is 3.02. The molecule has 7 nitrogen and oxygen atoms in total. The highest BCUT2D eigenvalue weighted by Crippen LogP contribution is 2.69. The molecule has 0 aromatic heterocycles. The van der Waals surface area contributed by atoms with Crippen molar-refractivity contribution >= 4 is 6.16 Å². The van der Waals surface area contributed by atoms with Gasteiger partial charge in [-0.25, -0.2) is 4.79 Å². The average molecular weight is 408 g/mol. The molecule has 2 saturated carbocycles. The number of ether oxygens (including phenoxy) is 4. The lowest BCUT2D eigenvalue weighted by molar-refractivity contribution is -0.356. The Morgan fingerprint density at radius 1 is 1.24 bits per heavy atom. The van der Waals surface area contributed by atoms with E-state index in [-0.39, 0.29) is 17.1 Å². The topological polar surface area (TPSA) is 94.5 Å². The van der Waals surface area contributed by atoms with E-state index in [9.17, 15) is 15.0 Å². The Labute approximate surface area is 171 Å². The summed E-state index contributed by atoms with van der Waals surface area (Å²) in [5.41, 5.74) is -5.63. The molecule has 3 fully saturated rings. The van der Waals surface area contributed by atoms with Crippen molar-refractivity contribution in [2.75, 3.05) is 7.11 Å². The Hall–Kier alpha value is -1.57. The van der Waals surface area contributed by atoms with Crippen molar-refractivity contribution in [2.24, 2.45) is 16.7 Å². The van der Waals surface area contributed by atoms with Crippen LogP contribution in [-0.4, -0.2) is 58.6 Å². The molecule has 2 heterocycles. The fourth-order valence-electron chi connectivity index (χ4n) is 6.82. The Balaban J connectivity index is 2.06. The molecular weight excluding hydrogens is 376 g/mol. The number of hydrogen-bond acceptors (Lipinski definition) is 7. The summed E-state index contributed by atoms with van der Waals surface area (Å²) in [7, 11) is 1.49. The van der Waals surface area contributed by atoms with E-state index in [1.54, 1.807) is 26.0 Å². The van der Waals surface area contributed by atoms with Gasteiger partial charge in [-0.3, -0.25) is 0 Å². The minimum atomic E-state index is -1.77. The molecule has 2 N–H and O–H groups in total. The fourth-order valence-corrected chi connectivity index (χ4v) is 6.82. The summed E-state index contributed by atoms with van der Waals surface area (Å²) in [5, 5.41) is 23.8. The summed E-state index contributed by atoms with van der Waals surface area (Å²) >= 11 is 0. The number of rotatable bonds is 2. The largest absolute Gasteiger partial charge is 0.509 e. The molecule has 0 aromatic carbocycles. The minimum absolute atomic E-state index is 0.277. The van der Waals surface area contributed by atoms with Gasteiger partial charge in [0.2, 0.25) is 0 Å². The van der Waals surface area contributed by atoms with Gasteiger partial charge < -0.3 is 29.2 Å². The van der Waals surface area contributed by atoms with E-state index in [2.05, 4.69) is 20.4 Å². The van der Waals surface area contributed by atoms with Crippen LogP contribution >= 0.6 is 0 Å². The van der Waals surface area contributed by atoms with Crippen molar-refractivity contribution in [1.29, 1.82) is 0 Å². The fraction of sp³-hybridized carbons (Fsp3) is 0.773. The van der Waals surface area contributed by atoms with E-state index in [0.29, 0.717) is 6.42 Å². The molecule has 0 amide bonds. The van der Waals surface area contributed by atoms with Crippen LogP contribution in [0, 0.1) is 16.7 Å². The molecular formula is C22H32O7. The van der Waals surface area contributed by atoms with Gasteiger partial charge in [0, 0.05) is 11.3 Å². The molecule has 4 aliphatic rings. The molecule has 2 aliphatic heterocycles. The second-order valence-corrected chi connectivity index (χ2v) is 10.2. The molecule has 0 bridgehead atoms. The summed E-state index contributed by atoms with van der Waals surface area (Å²) in [5.74, 6) is -0.109. The Bertz CT molecular complexity index is 790. The maximum absolute atomic E-state index is 12.5. The van der Waals surface area contributed by atoms with Crippen LogP contribution in [0.3, 0.4) is 0 Å². The van der Waals surface area contributed by atoms with Crippen LogP contribution in [0.15, 0.2) is 24.5 Å². The first kappa shape index (κ1) is 20.7. The van der Waals surface area contributed by atoms with E-state index < -0.39 is 46.7 Å². The zero-order valence-electron chi connectivity index (χ0n) is 18.0. The lowest BCUT2D eigenvalue weighted by Crippen LogP contribution is -2.83. The van der Waals surface area contributed by atoms with Gasteiger partial charge in [-0.2, -0.15) is 0 Å². The molecule has 0 spiro atoms. The highest BCUT2D eigenvalue weighted by atomic mass is 16.8. The molecule has 7 heteroatoms. The number of aliphatic hydroxyl groups excluding tert-OH is 1. The molecule has 29 heavy (non-hydrogen) atoms. The first-order chi connectivity index (χ1) is 13.3. The van der Waals surface area contributed by atoms with Crippen molar-refractivity contribution in [1.82, 2.24) is 0 Å². The first-order valence-electron chi connectivity index (χ1n) is 10.2. The summed E-state index contributed by atoms with van der Waals surface area (Å²) < 4.78 is 23.4. The number of fused-ring (bicyclic) bond motifs is 6. The highest BCUT2D eigenvalue weighted by molar-refractivity contribution is 5.64. The normalized spacial score (nSPS) is 52.8.